The van der Waals surface area contributed by atoms with E-state index in [9.17, 15) is 9.59 Å². The van der Waals surface area contributed by atoms with Gasteiger partial charge >= 0.3 is 6.03 Å². The van der Waals surface area contributed by atoms with E-state index in [4.69, 9.17) is 0 Å². The molecule has 0 aromatic heterocycles. The number of benzene rings is 2. The molecule has 2 aromatic carbocycles. The summed E-state index contributed by atoms with van der Waals surface area (Å²) in [5.41, 5.74) is 1.29. The highest BCUT2D eigenvalue weighted by Crippen LogP contribution is 2.40. The molecular formula is C21H24N2O2. The highest BCUT2D eigenvalue weighted by molar-refractivity contribution is 6.05. The summed E-state index contributed by atoms with van der Waals surface area (Å²) in [6.07, 6.45) is 0. The van der Waals surface area contributed by atoms with Gasteiger partial charge in [-0.05, 0) is 38.8 Å². The fourth-order valence-corrected chi connectivity index (χ4v) is 3.40. The number of amides is 3. The second-order valence-electron chi connectivity index (χ2n) is 7.43. The summed E-state index contributed by atoms with van der Waals surface area (Å²) in [6.45, 7) is 7.65. The molecule has 1 heterocycles. The van der Waals surface area contributed by atoms with E-state index in [0.29, 0.717) is 0 Å². The van der Waals surface area contributed by atoms with E-state index >= 15 is 0 Å². The molecule has 2 atom stereocenters. The van der Waals surface area contributed by atoms with E-state index in [0.717, 1.165) is 11.1 Å². The van der Waals surface area contributed by atoms with Crippen molar-refractivity contribution in [1.29, 1.82) is 0 Å². The smallest absolute Gasteiger partial charge is 0.301 e. The van der Waals surface area contributed by atoms with Crippen molar-refractivity contribution in [3.8, 4) is 0 Å². The average molecular weight is 336 g/mol. The summed E-state index contributed by atoms with van der Waals surface area (Å²) >= 11 is 0. The van der Waals surface area contributed by atoms with E-state index in [-0.39, 0.29) is 18.0 Å². The zero-order valence-corrected chi connectivity index (χ0v) is 15.1. The molecule has 1 aliphatic heterocycles. The molecule has 2 aromatic rings. The Labute approximate surface area is 149 Å². The van der Waals surface area contributed by atoms with Crippen molar-refractivity contribution in [2.24, 2.45) is 0 Å². The van der Waals surface area contributed by atoms with Gasteiger partial charge in [0.25, 0.3) is 5.91 Å². The lowest BCUT2D eigenvalue weighted by Crippen LogP contribution is -2.46. The van der Waals surface area contributed by atoms with E-state index in [2.05, 4.69) is 0 Å². The van der Waals surface area contributed by atoms with Crippen LogP contribution in [0, 0.1) is 0 Å². The van der Waals surface area contributed by atoms with Gasteiger partial charge in [-0.25, -0.2) is 4.79 Å². The van der Waals surface area contributed by atoms with Gasteiger partial charge in [-0.3, -0.25) is 9.69 Å². The lowest BCUT2D eigenvalue weighted by Gasteiger charge is -2.31. The summed E-state index contributed by atoms with van der Waals surface area (Å²) in [5.74, 6) is -0.161. The molecule has 130 valence electrons. The first-order valence-electron chi connectivity index (χ1n) is 8.58. The first-order chi connectivity index (χ1) is 11.8. The third-order valence-electron chi connectivity index (χ3n) is 4.63. The molecule has 3 rings (SSSR count). The highest BCUT2D eigenvalue weighted by atomic mass is 16.2. The van der Waals surface area contributed by atoms with Crippen LogP contribution < -0.4 is 0 Å². The van der Waals surface area contributed by atoms with Crippen LogP contribution in [0.1, 0.15) is 50.9 Å². The van der Waals surface area contributed by atoms with E-state index in [1.54, 1.807) is 4.90 Å². The van der Waals surface area contributed by atoms with E-state index in [1.165, 1.54) is 4.90 Å². The van der Waals surface area contributed by atoms with Gasteiger partial charge in [0.1, 0.15) is 6.04 Å². The number of carbonyl (C=O) groups is 2. The van der Waals surface area contributed by atoms with Crippen LogP contribution in [0.15, 0.2) is 60.7 Å². The predicted octanol–water partition coefficient (Wildman–Crippen LogP) is 4.55. The molecule has 0 spiro atoms. The molecule has 1 aliphatic rings. The van der Waals surface area contributed by atoms with Gasteiger partial charge in [0.2, 0.25) is 0 Å². The summed E-state index contributed by atoms with van der Waals surface area (Å²) in [6, 6.07) is 18.3. The van der Waals surface area contributed by atoms with Gasteiger partial charge in [0.15, 0.2) is 0 Å². The molecular weight excluding hydrogens is 312 g/mol. The zero-order valence-electron chi connectivity index (χ0n) is 15.1. The molecule has 0 saturated carbocycles. The maximum absolute atomic E-state index is 13.2. The average Bonchev–Trinajstić information content (AvgIpc) is 2.86. The van der Waals surface area contributed by atoms with Crippen LogP contribution in [0.5, 0.6) is 0 Å². The molecule has 0 N–H and O–H groups in total. The summed E-state index contributed by atoms with van der Waals surface area (Å²) in [5, 5.41) is 0. The van der Waals surface area contributed by atoms with Crippen LogP contribution >= 0.6 is 0 Å². The van der Waals surface area contributed by atoms with Gasteiger partial charge in [0, 0.05) is 5.54 Å². The quantitative estimate of drug-likeness (QED) is 0.771. The number of rotatable bonds is 3. The fraction of sp³-hybridized carbons (Fsp3) is 0.333. The summed E-state index contributed by atoms with van der Waals surface area (Å²) in [4.78, 5) is 29.5. The lowest BCUT2D eigenvalue weighted by molar-refractivity contribution is -0.131. The Bertz CT molecular complexity index is 765. The van der Waals surface area contributed by atoms with Crippen LogP contribution in [-0.4, -0.2) is 27.3 Å². The molecule has 1 fully saturated rings. The maximum Gasteiger partial charge on any atom is 0.328 e. The van der Waals surface area contributed by atoms with Crippen LogP contribution in [0.25, 0.3) is 0 Å². The largest absolute Gasteiger partial charge is 0.328 e. The van der Waals surface area contributed by atoms with Crippen molar-refractivity contribution in [2.75, 3.05) is 0 Å². The molecule has 0 aliphatic carbocycles. The van der Waals surface area contributed by atoms with Gasteiger partial charge in [-0.2, -0.15) is 0 Å². The fourth-order valence-electron chi connectivity index (χ4n) is 3.40. The van der Waals surface area contributed by atoms with Crippen LogP contribution in [0.3, 0.4) is 0 Å². The first-order valence-corrected chi connectivity index (χ1v) is 8.58. The monoisotopic (exact) mass is 336 g/mol. The number of carbonyl (C=O) groups excluding carboxylic acids is 2. The van der Waals surface area contributed by atoms with Gasteiger partial charge in [0.05, 0.1) is 6.04 Å². The topological polar surface area (TPSA) is 40.6 Å². The van der Waals surface area contributed by atoms with Gasteiger partial charge in [-0.1, -0.05) is 60.7 Å². The molecule has 2 unspecified atom stereocenters. The first kappa shape index (κ1) is 17.2. The Morgan fingerprint density at radius 1 is 0.880 bits per heavy atom. The van der Waals surface area contributed by atoms with Gasteiger partial charge < -0.3 is 4.90 Å². The minimum absolute atomic E-state index is 0.161. The second kappa shape index (κ2) is 6.36. The number of hydrogen-bond acceptors (Lipinski definition) is 2. The number of urea groups is 1. The SMILES string of the molecule is CC(c1ccccc1)N1C(=O)N(C(C)(C)C)C(=O)C1c1ccccc1. The molecule has 1 saturated heterocycles. The van der Waals surface area contributed by atoms with Crippen molar-refractivity contribution in [1.82, 2.24) is 9.80 Å². The molecule has 25 heavy (non-hydrogen) atoms. The zero-order chi connectivity index (χ0) is 18.2. The number of imide groups is 1. The molecule has 0 bridgehead atoms. The third-order valence-corrected chi connectivity index (χ3v) is 4.63. The van der Waals surface area contributed by atoms with Crippen LogP contribution in [-0.2, 0) is 4.79 Å². The Kier molecular flexibility index (Phi) is 4.38. The van der Waals surface area contributed by atoms with Crippen molar-refractivity contribution >= 4 is 11.9 Å². The molecule has 4 heteroatoms. The molecule has 0 radical (unpaired) electrons. The van der Waals surface area contributed by atoms with Crippen molar-refractivity contribution < 1.29 is 9.59 Å². The lowest BCUT2D eigenvalue weighted by atomic mass is 10.0. The predicted molar refractivity (Wildman–Crippen MR) is 97.9 cm³/mol. The maximum atomic E-state index is 13.2. The Balaban J connectivity index is 2.09. The Morgan fingerprint density at radius 3 is 1.92 bits per heavy atom. The highest BCUT2D eigenvalue weighted by Gasteiger charge is 2.51. The van der Waals surface area contributed by atoms with Crippen molar-refractivity contribution in [3.05, 3.63) is 71.8 Å². The standard InChI is InChI=1S/C21H24N2O2/c1-15(16-11-7-5-8-12-16)22-18(17-13-9-6-10-14-17)19(24)23(20(22)25)21(2,3)4/h5-15,18H,1-4H3. The normalized spacial score (nSPS) is 19.4. The number of hydrogen-bond donors (Lipinski definition) is 0. The second-order valence-corrected chi connectivity index (χ2v) is 7.43. The minimum Gasteiger partial charge on any atom is -0.301 e. The Hall–Kier alpha value is -2.62. The number of nitrogens with zero attached hydrogens (tertiary/aromatic N) is 2. The minimum atomic E-state index is -0.594. The summed E-state index contributed by atoms with van der Waals surface area (Å²) in [7, 11) is 0. The molecule has 4 nitrogen and oxygen atoms in total. The molecule has 3 amide bonds. The van der Waals surface area contributed by atoms with Crippen molar-refractivity contribution in [3.63, 3.8) is 0 Å². The van der Waals surface area contributed by atoms with Crippen molar-refractivity contribution in [2.45, 2.75) is 45.3 Å². The van der Waals surface area contributed by atoms with E-state index in [1.807, 2.05) is 88.4 Å². The van der Waals surface area contributed by atoms with E-state index < -0.39 is 11.6 Å². The Morgan fingerprint density at radius 2 is 1.40 bits per heavy atom. The summed E-state index contributed by atoms with van der Waals surface area (Å²) < 4.78 is 0. The van der Waals surface area contributed by atoms with Crippen LogP contribution in [0.4, 0.5) is 4.79 Å². The van der Waals surface area contributed by atoms with Crippen LogP contribution in [0.2, 0.25) is 0 Å². The third kappa shape index (κ3) is 3.04. The van der Waals surface area contributed by atoms with Gasteiger partial charge in [-0.15, -0.1) is 0 Å².